The molecule has 1 aromatic heterocycles. The third-order valence-corrected chi connectivity index (χ3v) is 6.66. The van der Waals surface area contributed by atoms with Gasteiger partial charge in [-0.05, 0) is 36.4 Å². The summed E-state index contributed by atoms with van der Waals surface area (Å²) in [6.07, 6.45) is 1.08. The molecule has 0 aliphatic heterocycles. The Labute approximate surface area is 127 Å². The molecule has 0 unspecified atom stereocenters. The Bertz CT molecular complexity index is 835. The maximum atomic E-state index is 12.1. The molecule has 0 radical (unpaired) electrons. The topological polar surface area (TPSA) is 101 Å². The predicted molar refractivity (Wildman–Crippen MR) is 80.6 cm³/mol. The summed E-state index contributed by atoms with van der Waals surface area (Å²) in [5.74, 6) is 0. The van der Waals surface area contributed by atoms with Gasteiger partial charge in [-0.2, -0.15) is 0 Å². The molecule has 0 aliphatic rings. The third kappa shape index (κ3) is 3.82. The van der Waals surface area contributed by atoms with Gasteiger partial charge >= 0.3 is 0 Å². The number of sulfone groups is 1. The van der Waals surface area contributed by atoms with Crippen LogP contribution < -0.4 is 4.72 Å². The maximum absolute atomic E-state index is 12.1. The van der Waals surface area contributed by atoms with E-state index in [0.29, 0.717) is 4.88 Å². The third-order valence-electron chi connectivity index (χ3n) is 2.59. The van der Waals surface area contributed by atoms with E-state index in [1.54, 1.807) is 0 Å². The summed E-state index contributed by atoms with van der Waals surface area (Å²) in [5, 5.41) is 8.95. The van der Waals surface area contributed by atoms with Crippen LogP contribution in [0.1, 0.15) is 4.88 Å². The highest BCUT2D eigenvalue weighted by Gasteiger charge is 2.17. The first-order chi connectivity index (χ1) is 9.72. The molecule has 0 amide bonds. The number of thiophene rings is 1. The highest BCUT2D eigenvalue weighted by molar-refractivity contribution is 7.94. The fourth-order valence-electron chi connectivity index (χ4n) is 1.56. The quantitative estimate of drug-likeness (QED) is 0.852. The van der Waals surface area contributed by atoms with Gasteiger partial charge in [0.05, 0.1) is 11.5 Å². The molecule has 1 heterocycles. The van der Waals surface area contributed by atoms with Crippen molar-refractivity contribution in [1.29, 1.82) is 0 Å². The predicted octanol–water partition coefficient (Wildman–Crippen LogP) is 1.44. The molecule has 2 aromatic rings. The molecular weight excluding hydrogens is 334 g/mol. The number of aliphatic hydroxyl groups excluding tert-OH is 1. The van der Waals surface area contributed by atoms with Crippen LogP contribution >= 0.6 is 11.3 Å². The van der Waals surface area contributed by atoms with E-state index in [4.69, 9.17) is 5.11 Å². The number of hydrogen-bond acceptors (Lipinski definition) is 6. The summed E-state index contributed by atoms with van der Waals surface area (Å²) < 4.78 is 49.3. The number of sulfonamides is 1. The van der Waals surface area contributed by atoms with Crippen LogP contribution in [0.25, 0.3) is 0 Å². The fourth-order valence-corrected chi connectivity index (χ4v) is 4.47. The van der Waals surface area contributed by atoms with Gasteiger partial charge in [-0.15, -0.1) is 11.3 Å². The lowest BCUT2D eigenvalue weighted by Crippen LogP contribution is -2.11. The van der Waals surface area contributed by atoms with Gasteiger partial charge in [0, 0.05) is 16.8 Å². The molecule has 9 heteroatoms. The van der Waals surface area contributed by atoms with Gasteiger partial charge in [-0.3, -0.25) is 4.72 Å². The summed E-state index contributed by atoms with van der Waals surface area (Å²) in [6.45, 7) is -0.219. The number of benzene rings is 1. The number of hydrogen-bond donors (Lipinski definition) is 2. The van der Waals surface area contributed by atoms with Crippen LogP contribution in [-0.2, 0) is 26.5 Å². The number of nitrogens with one attached hydrogen (secondary N) is 1. The zero-order chi connectivity index (χ0) is 15.7. The van der Waals surface area contributed by atoms with Crippen molar-refractivity contribution in [2.45, 2.75) is 15.7 Å². The van der Waals surface area contributed by atoms with Crippen LogP contribution in [0.3, 0.4) is 0 Å². The molecule has 0 fully saturated rings. The molecule has 6 nitrogen and oxygen atoms in total. The Balaban J connectivity index is 2.24. The van der Waals surface area contributed by atoms with Crippen molar-refractivity contribution < 1.29 is 21.9 Å². The van der Waals surface area contributed by atoms with E-state index < -0.39 is 19.9 Å². The first-order valence-electron chi connectivity index (χ1n) is 5.75. The van der Waals surface area contributed by atoms with Crippen LogP contribution in [0.4, 0.5) is 5.69 Å². The lowest BCUT2D eigenvalue weighted by molar-refractivity contribution is 0.285. The molecule has 0 spiro atoms. The summed E-state index contributed by atoms with van der Waals surface area (Å²) >= 11 is 0.970. The summed E-state index contributed by atoms with van der Waals surface area (Å²) in [7, 11) is -7.06. The van der Waals surface area contributed by atoms with Gasteiger partial charge in [0.2, 0.25) is 0 Å². The van der Waals surface area contributed by atoms with Crippen LogP contribution in [0.5, 0.6) is 0 Å². The normalized spacial score (nSPS) is 12.3. The summed E-state index contributed by atoms with van der Waals surface area (Å²) in [5.41, 5.74) is 0.265. The minimum atomic E-state index is -3.74. The molecule has 0 saturated carbocycles. The zero-order valence-electron chi connectivity index (χ0n) is 11.0. The second-order valence-electron chi connectivity index (χ2n) is 4.28. The molecule has 2 N–H and O–H groups in total. The van der Waals surface area contributed by atoms with Gasteiger partial charge < -0.3 is 5.11 Å². The Hall–Kier alpha value is -1.42. The summed E-state index contributed by atoms with van der Waals surface area (Å²) in [6, 6.07) is 8.37. The van der Waals surface area contributed by atoms with E-state index in [-0.39, 0.29) is 21.4 Å². The Morgan fingerprint density at radius 3 is 2.14 bits per heavy atom. The smallest absolute Gasteiger partial charge is 0.271 e. The molecule has 0 atom stereocenters. The molecule has 114 valence electrons. The van der Waals surface area contributed by atoms with E-state index in [1.165, 1.54) is 36.4 Å². The van der Waals surface area contributed by atoms with Crippen LogP contribution in [0, 0.1) is 0 Å². The summed E-state index contributed by atoms with van der Waals surface area (Å²) in [4.78, 5) is 0.659. The van der Waals surface area contributed by atoms with E-state index in [9.17, 15) is 16.8 Å². The lowest BCUT2D eigenvalue weighted by Gasteiger charge is -2.06. The van der Waals surface area contributed by atoms with Crippen molar-refractivity contribution in [3.63, 3.8) is 0 Å². The Kier molecular flexibility index (Phi) is 4.38. The van der Waals surface area contributed by atoms with Crippen LogP contribution in [0.15, 0.2) is 45.5 Å². The number of aliphatic hydroxyl groups is 1. The Morgan fingerprint density at radius 1 is 1.05 bits per heavy atom. The van der Waals surface area contributed by atoms with E-state index >= 15 is 0 Å². The van der Waals surface area contributed by atoms with Gasteiger partial charge in [-0.25, -0.2) is 16.8 Å². The van der Waals surface area contributed by atoms with Gasteiger partial charge in [-0.1, -0.05) is 0 Å². The van der Waals surface area contributed by atoms with Gasteiger partial charge in [0.25, 0.3) is 10.0 Å². The second-order valence-corrected chi connectivity index (χ2v) is 9.37. The van der Waals surface area contributed by atoms with Crippen LogP contribution in [0.2, 0.25) is 0 Å². The fraction of sp³-hybridized carbons (Fsp3) is 0.167. The molecule has 0 bridgehead atoms. The molecular formula is C12H13NO5S3. The van der Waals surface area contributed by atoms with Gasteiger partial charge in [0.15, 0.2) is 9.84 Å². The van der Waals surface area contributed by atoms with Crippen molar-refractivity contribution in [2.24, 2.45) is 0 Å². The first kappa shape index (κ1) is 16.0. The van der Waals surface area contributed by atoms with Crippen molar-refractivity contribution in [3.8, 4) is 0 Å². The Morgan fingerprint density at radius 2 is 1.67 bits per heavy atom. The average molecular weight is 347 g/mol. The van der Waals surface area contributed by atoms with Crippen LogP contribution in [-0.4, -0.2) is 28.2 Å². The standard InChI is InChI=1S/C12H13NO5S3/c1-20(15,16)11-5-2-9(3-6-11)13-21(17,18)12-7-4-10(8-14)19-12/h2-7,13-14H,8H2,1H3. The van der Waals surface area contributed by atoms with Crippen molar-refractivity contribution in [1.82, 2.24) is 0 Å². The maximum Gasteiger partial charge on any atom is 0.271 e. The minimum absolute atomic E-state index is 0.0822. The van der Waals surface area contributed by atoms with E-state index in [1.807, 2.05) is 0 Å². The lowest BCUT2D eigenvalue weighted by atomic mass is 10.3. The minimum Gasteiger partial charge on any atom is -0.391 e. The monoisotopic (exact) mass is 347 g/mol. The number of anilines is 1. The average Bonchev–Trinajstić information content (AvgIpc) is 2.87. The number of rotatable bonds is 5. The van der Waals surface area contributed by atoms with E-state index in [2.05, 4.69) is 4.72 Å². The van der Waals surface area contributed by atoms with Crippen molar-refractivity contribution in [3.05, 3.63) is 41.3 Å². The molecule has 0 saturated heterocycles. The molecule has 2 rings (SSSR count). The van der Waals surface area contributed by atoms with Gasteiger partial charge in [0.1, 0.15) is 4.21 Å². The first-order valence-corrected chi connectivity index (χ1v) is 9.94. The second kappa shape index (κ2) is 5.76. The van der Waals surface area contributed by atoms with E-state index in [0.717, 1.165) is 17.6 Å². The van der Waals surface area contributed by atoms with Crippen molar-refractivity contribution >= 4 is 36.9 Å². The largest absolute Gasteiger partial charge is 0.391 e. The zero-order valence-corrected chi connectivity index (χ0v) is 13.4. The molecule has 21 heavy (non-hydrogen) atoms. The molecule has 1 aromatic carbocycles. The highest BCUT2D eigenvalue weighted by Crippen LogP contribution is 2.24. The highest BCUT2D eigenvalue weighted by atomic mass is 32.2. The SMILES string of the molecule is CS(=O)(=O)c1ccc(NS(=O)(=O)c2ccc(CO)s2)cc1. The van der Waals surface area contributed by atoms with Crippen molar-refractivity contribution in [2.75, 3.05) is 11.0 Å². The molecule has 0 aliphatic carbocycles.